The highest BCUT2D eigenvalue weighted by molar-refractivity contribution is 7.89. The zero-order valence-electron chi connectivity index (χ0n) is 11.6. The number of rotatable bonds is 5. The number of hydrogen-bond donors (Lipinski definition) is 1. The van der Waals surface area contributed by atoms with Crippen molar-refractivity contribution in [2.24, 2.45) is 10.6 Å². The van der Waals surface area contributed by atoms with Gasteiger partial charge in [-0.2, -0.15) is 4.39 Å². The predicted molar refractivity (Wildman–Crippen MR) is 75.3 cm³/mol. The summed E-state index contributed by atoms with van der Waals surface area (Å²) in [5, 5.41) is 5.16. The lowest BCUT2D eigenvalue weighted by Gasteiger charge is -2.36. The van der Waals surface area contributed by atoms with Gasteiger partial charge < -0.3 is 4.74 Å². The SMILES string of the molecule is NS(=O)(=O)CC1(COc2cccc(F)c2F)CCCCC1. The van der Waals surface area contributed by atoms with Gasteiger partial charge in [0.05, 0.1) is 12.4 Å². The molecule has 2 rings (SSSR count). The maximum absolute atomic E-state index is 13.6. The zero-order valence-corrected chi connectivity index (χ0v) is 12.5. The van der Waals surface area contributed by atoms with Gasteiger partial charge >= 0.3 is 0 Å². The molecular weight excluding hydrogens is 300 g/mol. The van der Waals surface area contributed by atoms with Crippen molar-refractivity contribution in [3.8, 4) is 5.75 Å². The minimum Gasteiger partial charge on any atom is -0.490 e. The van der Waals surface area contributed by atoms with E-state index in [4.69, 9.17) is 9.88 Å². The zero-order chi connectivity index (χ0) is 15.5. The molecule has 1 saturated carbocycles. The van der Waals surface area contributed by atoms with E-state index in [-0.39, 0.29) is 18.1 Å². The van der Waals surface area contributed by atoms with E-state index in [1.165, 1.54) is 12.1 Å². The summed E-state index contributed by atoms with van der Waals surface area (Å²) < 4.78 is 54.9. The Morgan fingerprint density at radius 1 is 1.19 bits per heavy atom. The van der Waals surface area contributed by atoms with Gasteiger partial charge in [0, 0.05) is 5.41 Å². The fraction of sp³-hybridized carbons (Fsp3) is 0.571. The molecule has 0 bridgehead atoms. The number of benzene rings is 1. The maximum Gasteiger partial charge on any atom is 0.209 e. The van der Waals surface area contributed by atoms with E-state index in [9.17, 15) is 17.2 Å². The maximum atomic E-state index is 13.6. The van der Waals surface area contributed by atoms with E-state index in [1.807, 2.05) is 0 Å². The average molecular weight is 319 g/mol. The Labute approximate surface area is 123 Å². The Hall–Kier alpha value is -1.21. The Morgan fingerprint density at radius 3 is 2.48 bits per heavy atom. The van der Waals surface area contributed by atoms with E-state index in [2.05, 4.69) is 0 Å². The third-order valence-electron chi connectivity index (χ3n) is 3.87. The second kappa shape index (κ2) is 6.27. The van der Waals surface area contributed by atoms with E-state index < -0.39 is 27.1 Å². The lowest BCUT2D eigenvalue weighted by atomic mass is 9.76. The van der Waals surface area contributed by atoms with Crippen molar-refractivity contribution in [2.75, 3.05) is 12.4 Å². The van der Waals surface area contributed by atoms with Gasteiger partial charge in [0.15, 0.2) is 11.6 Å². The first-order valence-corrected chi connectivity index (χ1v) is 8.60. The molecule has 0 unspecified atom stereocenters. The molecule has 21 heavy (non-hydrogen) atoms. The summed E-state index contributed by atoms with van der Waals surface area (Å²) in [4.78, 5) is 0. The van der Waals surface area contributed by atoms with Crippen LogP contribution in [0.4, 0.5) is 8.78 Å². The Bertz CT molecular complexity index is 598. The summed E-state index contributed by atoms with van der Waals surface area (Å²) in [6, 6.07) is 3.68. The quantitative estimate of drug-likeness (QED) is 0.907. The molecule has 1 aliphatic rings. The standard InChI is InChI=1S/C14H19F2NO3S/c15-11-5-4-6-12(13(11)16)20-9-14(10-21(17,18)19)7-2-1-3-8-14/h4-6H,1-3,7-10H2,(H2,17,18,19). The first-order chi connectivity index (χ1) is 9.81. The number of sulfonamides is 1. The second-order valence-electron chi connectivity index (χ2n) is 5.71. The largest absolute Gasteiger partial charge is 0.490 e. The molecule has 0 saturated heterocycles. The van der Waals surface area contributed by atoms with Crippen LogP contribution in [-0.2, 0) is 10.0 Å². The molecule has 0 amide bonds. The Balaban J connectivity index is 2.14. The lowest BCUT2D eigenvalue weighted by Crippen LogP contribution is -2.40. The third-order valence-corrected chi connectivity index (χ3v) is 4.89. The molecule has 0 heterocycles. The lowest BCUT2D eigenvalue weighted by molar-refractivity contribution is 0.115. The molecular formula is C14H19F2NO3S. The predicted octanol–water partition coefficient (Wildman–Crippen LogP) is 2.58. The number of nitrogens with two attached hydrogens (primary N) is 1. The van der Waals surface area contributed by atoms with E-state index in [0.717, 1.165) is 25.3 Å². The van der Waals surface area contributed by atoms with Crippen molar-refractivity contribution >= 4 is 10.0 Å². The van der Waals surface area contributed by atoms with Crippen molar-refractivity contribution < 1.29 is 21.9 Å². The monoisotopic (exact) mass is 319 g/mol. The van der Waals surface area contributed by atoms with Crippen LogP contribution in [0.3, 0.4) is 0 Å². The van der Waals surface area contributed by atoms with Crippen LogP contribution in [0.1, 0.15) is 32.1 Å². The van der Waals surface area contributed by atoms with Crippen LogP contribution in [0, 0.1) is 17.0 Å². The highest BCUT2D eigenvalue weighted by atomic mass is 32.2. The Kier molecular flexibility index (Phi) is 4.83. The molecule has 1 aromatic carbocycles. The summed E-state index contributed by atoms with van der Waals surface area (Å²) in [5.74, 6) is -2.44. The van der Waals surface area contributed by atoms with Crippen molar-refractivity contribution in [1.29, 1.82) is 0 Å². The van der Waals surface area contributed by atoms with Gasteiger partial charge in [-0.05, 0) is 25.0 Å². The Morgan fingerprint density at radius 2 is 1.86 bits per heavy atom. The number of hydrogen-bond acceptors (Lipinski definition) is 3. The number of ether oxygens (including phenoxy) is 1. The smallest absolute Gasteiger partial charge is 0.209 e. The van der Waals surface area contributed by atoms with Gasteiger partial charge in [-0.1, -0.05) is 25.3 Å². The van der Waals surface area contributed by atoms with Crippen LogP contribution in [-0.4, -0.2) is 20.8 Å². The number of halogens is 2. The third kappa shape index (κ3) is 4.38. The van der Waals surface area contributed by atoms with Gasteiger partial charge in [-0.15, -0.1) is 0 Å². The van der Waals surface area contributed by atoms with Gasteiger partial charge in [0.2, 0.25) is 15.8 Å². The van der Waals surface area contributed by atoms with Gasteiger partial charge in [-0.3, -0.25) is 0 Å². The molecule has 1 aromatic rings. The normalized spacial score (nSPS) is 18.4. The molecule has 0 atom stereocenters. The number of primary sulfonamides is 1. The highest BCUT2D eigenvalue weighted by Gasteiger charge is 2.37. The van der Waals surface area contributed by atoms with Crippen molar-refractivity contribution in [3.63, 3.8) is 0 Å². The average Bonchev–Trinajstić information content (AvgIpc) is 2.40. The van der Waals surface area contributed by atoms with Crippen molar-refractivity contribution in [1.82, 2.24) is 0 Å². The first kappa shape index (κ1) is 16.2. The van der Waals surface area contributed by atoms with Crippen molar-refractivity contribution in [3.05, 3.63) is 29.8 Å². The topological polar surface area (TPSA) is 69.4 Å². The van der Waals surface area contributed by atoms with Crippen LogP contribution >= 0.6 is 0 Å². The van der Waals surface area contributed by atoms with Crippen LogP contribution < -0.4 is 9.88 Å². The van der Waals surface area contributed by atoms with E-state index in [1.54, 1.807) is 0 Å². The minimum absolute atomic E-state index is 0.0177. The molecule has 7 heteroatoms. The van der Waals surface area contributed by atoms with E-state index >= 15 is 0 Å². The summed E-state index contributed by atoms with van der Waals surface area (Å²) in [5.41, 5.74) is -0.620. The van der Waals surface area contributed by atoms with Gasteiger partial charge in [0.1, 0.15) is 0 Å². The summed E-state index contributed by atoms with van der Waals surface area (Å²) >= 11 is 0. The van der Waals surface area contributed by atoms with Crippen LogP contribution in [0.5, 0.6) is 5.75 Å². The fourth-order valence-corrected chi connectivity index (χ4v) is 4.11. The summed E-state index contributed by atoms with van der Waals surface area (Å²) in [6.07, 6.45) is 4.09. The highest BCUT2D eigenvalue weighted by Crippen LogP contribution is 2.38. The summed E-state index contributed by atoms with van der Waals surface area (Å²) in [7, 11) is -3.65. The molecule has 0 aliphatic heterocycles. The molecule has 2 N–H and O–H groups in total. The minimum atomic E-state index is -3.65. The van der Waals surface area contributed by atoms with Crippen LogP contribution in [0.25, 0.3) is 0 Å². The van der Waals surface area contributed by atoms with Crippen LogP contribution in [0.2, 0.25) is 0 Å². The molecule has 4 nitrogen and oxygen atoms in total. The fourth-order valence-electron chi connectivity index (χ4n) is 2.89. The molecule has 0 aromatic heterocycles. The second-order valence-corrected chi connectivity index (χ2v) is 7.32. The van der Waals surface area contributed by atoms with Crippen LogP contribution in [0.15, 0.2) is 18.2 Å². The molecule has 1 aliphatic carbocycles. The molecule has 1 fully saturated rings. The molecule has 0 radical (unpaired) electrons. The molecule has 0 spiro atoms. The first-order valence-electron chi connectivity index (χ1n) is 6.89. The van der Waals surface area contributed by atoms with Gasteiger partial charge in [-0.25, -0.2) is 17.9 Å². The summed E-state index contributed by atoms with van der Waals surface area (Å²) in [6.45, 7) is 0.0177. The van der Waals surface area contributed by atoms with Crippen molar-refractivity contribution in [2.45, 2.75) is 32.1 Å². The molecule has 118 valence electrons. The van der Waals surface area contributed by atoms with E-state index in [0.29, 0.717) is 12.8 Å². The van der Waals surface area contributed by atoms with Gasteiger partial charge in [0.25, 0.3) is 0 Å².